The van der Waals surface area contributed by atoms with E-state index in [2.05, 4.69) is 19.6 Å². The number of para-hydroxylation sites is 1. The Bertz CT molecular complexity index is 1900. The monoisotopic (exact) mass is 623 g/mol. The molecule has 0 fully saturated rings. The number of esters is 1. The molecule has 1 N–H and O–H groups in total. The number of rotatable bonds is 9. The quantitative estimate of drug-likeness (QED) is 0.141. The number of hydrogen-bond donors (Lipinski definition) is 1. The number of fused-ring (bicyclic) bond motifs is 2. The smallest absolute Gasteiger partial charge is 0.494 e. The van der Waals surface area contributed by atoms with Crippen molar-refractivity contribution in [3.8, 4) is 22.8 Å². The third-order valence-corrected chi connectivity index (χ3v) is 7.30. The molecule has 12 heteroatoms. The Balaban J connectivity index is 1.58. The van der Waals surface area contributed by atoms with Crippen molar-refractivity contribution in [2.24, 2.45) is 0 Å². The van der Waals surface area contributed by atoms with E-state index in [-0.39, 0.29) is 45.9 Å². The molecule has 0 aliphatic heterocycles. The Morgan fingerprint density at radius 1 is 0.978 bits per heavy atom. The fraction of sp³-hybridized carbons (Fsp3) is 0.242. The Hall–Kier alpha value is -5.13. The first-order valence-corrected chi connectivity index (χ1v) is 13.9. The van der Waals surface area contributed by atoms with Crippen molar-refractivity contribution < 1.29 is 41.4 Å². The lowest BCUT2D eigenvalue weighted by Gasteiger charge is -2.18. The summed E-state index contributed by atoms with van der Waals surface area (Å²) in [6.45, 7) is 4.04. The summed E-state index contributed by atoms with van der Waals surface area (Å²) >= 11 is 0. The number of pyridine rings is 1. The third-order valence-electron chi connectivity index (χ3n) is 7.30. The molecule has 0 aliphatic carbocycles. The van der Waals surface area contributed by atoms with Crippen molar-refractivity contribution in [1.82, 2.24) is 14.9 Å². The molecule has 5 aromatic rings. The van der Waals surface area contributed by atoms with Crippen LogP contribution in [0.2, 0.25) is 0 Å². The highest BCUT2D eigenvalue weighted by Crippen LogP contribution is 2.32. The molecule has 0 unspecified atom stereocenters. The minimum absolute atomic E-state index is 0.00816. The van der Waals surface area contributed by atoms with Gasteiger partial charge in [-0.05, 0) is 67.9 Å². The highest BCUT2D eigenvalue weighted by atomic mass is 19.4. The average Bonchev–Trinajstić information content (AvgIpc) is 3.37. The van der Waals surface area contributed by atoms with Gasteiger partial charge in [0.1, 0.15) is 11.8 Å². The van der Waals surface area contributed by atoms with Crippen molar-refractivity contribution in [2.45, 2.75) is 38.7 Å². The molecule has 0 bridgehead atoms. The summed E-state index contributed by atoms with van der Waals surface area (Å²) < 4.78 is 69.8. The Kier molecular flexibility index (Phi) is 8.67. The first-order chi connectivity index (χ1) is 21.4. The van der Waals surface area contributed by atoms with Crippen LogP contribution in [0.1, 0.15) is 35.8 Å². The molecular formula is C33H29F4N3O5. The van der Waals surface area contributed by atoms with Gasteiger partial charge in [0.05, 0.1) is 31.0 Å². The summed E-state index contributed by atoms with van der Waals surface area (Å²) in [5, 5.41) is 3.61. The predicted octanol–water partition coefficient (Wildman–Crippen LogP) is 7.00. The van der Waals surface area contributed by atoms with Crippen LogP contribution in [0.3, 0.4) is 0 Å². The molecule has 45 heavy (non-hydrogen) atoms. The fourth-order valence-electron chi connectivity index (χ4n) is 5.22. The molecule has 0 saturated carbocycles. The topological polar surface area (TPSA) is 91.7 Å². The molecule has 1 amide bonds. The summed E-state index contributed by atoms with van der Waals surface area (Å²) in [5.74, 6) is -2.76. The van der Waals surface area contributed by atoms with Crippen LogP contribution < -0.4 is 14.8 Å². The lowest BCUT2D eigenvalue weighted by molar-refractivity contribution is -0.274. The van der Waals surface area contributed by atoms with Crippen LogP contribution in [-0.2, 0) is 16.0 Å². The largest absolute Gasteiger partial charge is 0.573 e. The number of hydrogen-bond acceptors (Lipinski definition) is 6. The van der Waals surface area contributed by atoms with Crippen LogP contribution in [0.5, 0.6) is 11.5 Å². The van der Waals surface area contributed by atoms with E-state index in [9.17, 15) is 27.2 Å². The molecule has 234 valence electrons. The van der Waals surface area contributed by atoms with Gasteiger partial charge in [-0.15, -0.1) is 13.2 Å². The van der Waals surface area contributed by atoms with E-state index in [0.29, 0.717) is 0 Å². The summed E-state index contributed by atoms with van der Waals surface area (Å²) in [6.07, 6.45) is -2.99. The van der Waals surface area contributed by atoms with Crippen LogP contribution in [0.4, 0.5) is 17.6 Å². The summed E-state index contributed by atoms with van der Waals surface area (Å²) in [5.41, 5.74) is 2.20. The molecule has 0 aliphatic rings. The first-order valence-electron chi connectivity index (χ1n) is 13.9. The lowest BCUT2D eigenvalue weighted by atomic mass is 10.0. The Morgan fingerprint density at radius 2 is 1.73 bits per heavy atom. The molecule has 3 aromatic carbocycles. The summed E-state index contributed by atoms with van der Waals surface area (Å²) in [6, 6.07) is 15.4. The van der Waals surface area contributed by atoms with Crippen LogP contribution in [0.15, 0.2) is 72.9 Å². The number of ether oxygens (including phenoxy) is 3. The zero-order valence-corrected chi connectivity index (χ0v) is 24.7. The number of aromatic nitrogens is 2. The number of nitrogens with one attached hydrogen (secondary N) is 1. The van der Waals surface area contributed by atoms with Gasteiger partial charge < -0.3 is 24.1 Å². The second-order valence-corrected chi connectivity index (χ2v) is 10.6. The van der Waals surface area contributed by atoms with Gasteiger partial charge in [-0.1, -0.05) is 18.2 Å². The number of methoxy groups -OCH3 is 2. The van der Waals surface area contributed by atoms with Crippen LogP contribution in [-0.4, -0.2) is 48.1 Å². The highest BCUT2D eigenvalue weighted by Gasteiger charge is 2.32. The molecule has 1 atom stereocenters. The average molecular weight is 624 g/mol. The molecule has 0 saturated heterocycles. The molecule has 2 aromatic heterocycles. The third kappa shape index (κ3) is 6.69. The molecule has 2 heterocycles. The van der Waals surface area contributed by atoms with Crippen molar-refractivity contribution in [3.63, 3.8) is 0 Å². The van der Waals surface area contributed by atoms with Crippen LogP contribution in [0, 0.1) is 5.82 Å². The second-order valence-electron chi connectivity index (χ2n) is 10.6. The number of nitrogens with zero attached hydrogens (tertiary/aromatic N) is 2. The van der Waals surface area contributed by atoms with Crippen molar-refractivity contribution in [1.29, 1.82) is 0 Å². The van der Waals surface area contributed by atoms with E-state index in [1.165, 1.54) is 38.5 Å². The normalized spacial score (nSPS) is 12.4. The minimum Gasteiger partial charge on any atom is -0.494 e. The van der Waals surface area contributed by atoms with Gasteiger partial charge in [-0.25, -0.2) is 14.2 Å². The minimum atomic E-state index is -4.98. The maximum absolute atomic E-state index is 14.6. The van der Waals surface area contributed by atoms with Crippen molar-refractivity contribution in [2.75, 3.05) is 14.2 Å². The zero-order chi connectivity index (χ0) is 32.5. The van der Waals surface area contributed by atoms with Crippen molar-refractivity contribution >= 4 is 33.7 Å². The predicted molar refractivity (Wildman–Crippen MR) is 160 cm³/mol. The number of carbonyl (C=O) groups is 2. The van der Waals surface area contributed by atoms with E-state index < -0.39 is 35.8 Å². The Labute approximate surface area is 255 Å². The summed E-state index contributed by atoms with van der Waals surface area (Å²) in [7, 11) is 2.51. The van der Waals surface area contributed by atoms with Gasteiger partial charge in [0.15, 0.2) is 11.6 Å². The number of carbonyl (C=O) groups excluding carboxylic acids is 2. The standard InChI is InChI=1S/C33H29F4N3O5/c1-18(2)40-17-20(22-7-5-6-8-29(22)40)14-28(32(42)44-4)39-31(41)24-16-27(19-9-12-30(43-3)25(34)13-19)38-26-11-10-21(15-23(24)26)45-33(35,36)37/h5-13,15-18,28H,14H2,1-4H3,(H,39,41)/t28-/m1/s1. The lowest BCUT2D eigenvalue weighted by Crippen LogP contribution is -2.43. The maximum Gasteiger partial charge on any atom is 0.573 e. The van der Waals surface area contributed by atoms with E-state index in [1.54, 1.807) is 0 Å². The van der Waals surface area contributed by atoms with Gasteiger partial charge in [0.2, 0.25) is 0 Å². The molecule has 5 rings (SSSR count). The SMILES string of the molecule is COC(=O)[C@@H](Cc1cn(C(C)C)c2ccccc12)NC(=O)c1cc(-c2ccc(OC)c(F)c2)nc2ccc(OC(F)(F)F)cc12. The van der Waals surface area contributed by atoms with E-state index in [4.69, 9.17) is 9.47 Å². The molecular weight excluding hydrogens is 594 g/mol. The maximum atomic E-state index is 14.6. The Morgan fingerprint density at radius 3 is 2.40 bits per heavy atom. The number of benzene rings is 3. The van der Waals surface area contributed by atoms with Crippen LogP contribution in [0.25, 0.3) is 33.1 Å². The molecule has 0 radical (unpaired) electrons. The van der Waals surface area contributed by atoms with Crippen LogP contribution >= 0.6 is 0 Å². The number of alkyl halides is 3. The van der Waals surface area contributed by atoms with E-state index >= 15 is 0 Å². The molecule has 0 spiro atoms. The van der Waals surface area contributed by atoms with Gasteiger partial charge in [0.25, 0.3) is 5.91 Å². The first kappa shape index (κ1) is 31.3. The van der Waals surface area contributed by atoms with E-state index in [1.807, 2.05) is 44.3 Å². The van der Waals surface area contributed by atoms with Gasteiger partial charge >= 0.3 is 12.3 Å². The zero-order valence-electron chi connectivity index (χ0n) is 24.7. The van der Waals surface area contributed by atoms with Gasteiger partial charge in [-0.2, -0.15) is 0 Å². The van der Waals surface area contributed by atoms with Gasteiger partial charge in [-0.3, -0.25) is 4.79 Å². The number of halogens is 4. The number of amides is 1. The molecule has 8 nitrogen and oxygen atoms in total. The fourth-order valence-corrected chi connectivity index (χ4v) is 5.22. The van der Waals surface area contributed by atoms with E-state index in [0.717, 1.165) is 34.7 Å². The van der Waals surface area contributed by atoms with Gasteiger partial charge in [0, 0.05) is 40.5 Å². The van der Waals surface area contributed by atoms with Crippen molar-refractivity contribution in [3.05, 3.63) is 89.9 Å². The second kappa shape index (κ2) is 12.5. The highest BCUT2D eigenvalue weighted by molar-refractivity contribution is 6.08. The summed E-state index contributed by atoms with van der Waals surface area (Å²) in [4.78, 5) is 31.3.